The number of piperidine rings is 1. The van der Waals surface area contributed by atoms with Gasteiger partial charge in [0.15, 0.2) is 0 Å². The Labute approximate surface area is 241 Å². The summed E-state index contributed by atoms with van der Waals surface area (Å²) in [6.07, 6.45) is 7.47. The standard InChI is InChI=1S/C30H40ClF2N7/c31-26-7-2-1-4-24(26)17-37-30-38-18-25(14-34)29(39-30)36-16-21-12-22-5-3-6-23(13-21)28(22)35-15-20-8-10-40(11-9-20)19-27(32)33/h1-2,4,7,18,20-23,27-28,35H,3,5-6,8-13,15-17,19H2,(H2,36,37,38,39)/t21?,22-,23+,28?. The zero-order chi connectivity index (χ0) is 27.9. The molecule has 2 heterocycles. The van der Waals surface area contributed by atoms with Crippen LogP contribution in [0.4, 0.5) is 20.5 Å². The minimum atomic E-state index is -2.24. The summed E-state index contributed by atoms with van der Waals surface area (Å²) in [6, 6.07) is 10.4. The van der Waals surface area contributed by atoms with Gasteiger partial charge in [-0.2, -0.15) is 10.2 Å². The molecule has 0 amide bonds. The molecule has 1 aliphatic heterocycles. The van der Waals surface area contributed by atoms with Gasteiger partial charge in [-0.25, -0.2) is 13.8 Å². The van der Waals surface area contributed by atoms with E-state index in [9.17, 15) is 14.0 Å². The zero-order valence-corrected chi connectivity index (χ0v) is 23.7. The highest BCUT2D eigenvalue weighted by atomic mass is 35.5. The van der Waals surface area contributed by atoms with Crippen molar-refractivity contribution in [2.75, 3.05) is 43.4 Å². The van der Waals surface area contributed by atoms with Crippen molar-refractivity contribution >= 4 is 23.4 Å². The number of hydrogen-bond donors (Lipinski definition) is 3. The summed E-state index contributed by atoms with van der Waals surface area (Å²) in [5.41, 5.74) is 1.40. The fourth-order valence-corrected chi connectivity index (χ4v) is 7.18. The number of nitriles is 1. The van der Waals surface area contributed by atoms with Crippen molar-refractivity contribution in [2.45, 2.75) is 64.0 Å². The van der Waals surface area contributed by atoms with Crippen molar-refractivity contribution in [3.8, 4) is 6.07 Å². The number of alkyl halides is 2. The van der Waals surface area contributed by atoms with Crippen LogP contribution in [-0.4, -0.2) is 60.1 Å². The molecule has 2 unspecified atom stereocenters. The molecule has 40 heavy (non-hydrogen) atoms. The van der Waals surface area contributed by atoms with Gasteiger partial charge in [-0.15, -0.1) is 0 Å². The van der Waals surface area contributed by atoms with Crippen LogP contribution in [0.1, 0.15) is 56.1 Å². The maximum Gasteiger partial charge on any atom is 0.251 e. The van der Waals surface area contributed by atoms with Crippen molar-refractivity contribution in [3.63, 3.8) is 0 Å². The van der Waals surface area contributed by atoms with E-state index in [2.05, 4.69) is 32.0 Å². The monoisotopic (exact) mass is 571 g/mol. The summed E-state index contributed by atoms with van der Waals surface area (Å²) in [7, 11) is 0. The molecule has 1 aromatic carbocycles. The third-order valence-electron chi connectivity index (χ3n) is 9.05. The van der Waals surface area contributed by atoms with Gasteiger partial charge < -0.3 is 16.0 Å². The van der Waals surface area contributed by atoms with Crippen LogP contribution in [0, 0.1) is 35.0 Å². The summed E-state index contributed by atoms with van der Waals surface area (Å²) in [5, 5.41) is 20.9. The highest BCUT2D eigenvalue weighted by Gasteiger charge is 2.40. The molecule has 5 rings (SSSR count). The average molecular weight is 572 g/mol. The van der Waals surface area contributed by atoms with Crippen molar-refractivity contribution in [3.05, 3.63) is 46.6 Å². The third-order valence-corrected chi connectivity index (χ3v) is 9.41. The first-order chi connectivity index (χ1) is 19.5. The van der Waals surface area contributed by atoms with Gasteiger partial charge in [0, 0.05) is 24.2 Å². The van der Waals surface area contributed by atoms with E-state index in [1.807, 2.05) is 29.2 Å². The second-order valence-electron chi connectivity index (χ2n) is 11.8. The molecule has 216 valence electrons. The van der Waals surface area contributed by atoms with Crippen molar-refractivity contribution < 1.29 is 8.78 Å². The number of halogens is 3. The number of likely N-dealkylation sites (tertiary alicyclic amines) is 1. The summed E-state index contributed by atoms with van der Waals surface area (Å²) in [5.74, 6) is 3.47. The Hall–Kier alpha value is -2.54. The average Bonchev–Trinajstić information content (AvgIpc) is 2.95. The molecule has 10 heteroatoms. The SMILES string of the molecule is N#Cc1cnc(NCc2ccccc2Cl)nc1NCC1C[C@H]2CCC[C@@H](C1)C2NCC1CCN(CC(F)F)CC1. The minimum Gasteiger partial charge on any atom is -0.369 e. The lowest BCUT2D eigenvalue weighted by Gasteiger charge is -2.47. The lowest BCUT2D eigenvalue weighted by Crippen LogP contribution is -2.51. The number of aromatic nitrogens is 2. The highest BCUT2D eigenvalue weighted by Crippen LogP contribution is 2.43. The molecule has 7 nitrogen and oxygen atoms in total. The molecule has 1 saturated heterocycles. The number of rotatable bonds is 11. The van der Waals surface area contributed by atoms with E-state index in [4.69, 9.17) is 11.6 Å². The Bertz CT molecular complexity index is 1140. The molecule has 0 radical (unpaired) electrons. The Morgan fingerprint density at radius 2 is 1.77 bits per heavy atom. The van der Waals surface area contributed by atoms with Crippen LogP contribution in [0.15, 0.2) is 30.5 Å². The highest BCUT2D eigenvalue weighted by molar-refractivity contribution is 6.31. The number of anilines is 2. The summed E-state index contributed by atoms with van der Waals surface area (Å²) in [6.45, 7) is 3.77. The van der Waals surface area contributed by atoms with Gasteiger partial charge in [0.2, 0.25) is 5.95 Å². The molecule has 2 aromatic rings. The largest absolute Gasteiger partial charge is 0.369 e. The quantitative estimate of drug-likeness (QED) is 0.315. The summed E-state index contributed by atoms with van der Waals surface area (Å²) < 4.78 is 25.4. The Morgan fingerprint density at radius 3 is 2.48 bits per heavy atom. The second kappa shape index (κ2) is 13.9. The van der Waals surface area contributed by atoms with Crippen molar-refractivity contribution in [1.82, 2.24) is 20.2 Å². The number of fused-ring (bicyclic) bond motifs is 2. The van der Waals surface area contributed by atoms with E-state index in [1.165, 1.54) is 32.1 Å². The molecule has 3 aliphatic rings. The second-order valence-corrected chi connectivity index (χ2v) is 12.2. The van der Waals surface area contributed by atoms with Crippen LogP contribution >= 0.6 is 11.6 Å². The minimum absolute atomic E-state index is 0.0897. The molecule has 2 aliphatic carbocycles. The molecular formula is C30H40ClF2N7. The normalized spacial score (nSPS) is 25.5. The molecule has 2 saturated carbocycles. The molecule has 3 fully saturated rings. The Kier molecular flexibility index (Phi) is 10.1. The van der Waals surface area contributed by atoms with Crippen molar-refractivity contribution in [2.24, 2.45) is 23.7 Å². The number of benzene rings is 1. The van der Waals surface area contributed by atoms with Gasteiger partial charge in [0.05, 0.1) is 12.7 Å². The van der Waals surface area contributed by atoms with Gasteiger partial charge in [0.25, 0.3) is 6.43 Å². The van der Waals surface area contributed by atoms with Gasteiger partial charge in [-0.3, -0.25) is 4.90 Å². The first-order valence-corrected chi connectivity index (χ1v) is 15.1. The van der Waals surface area contributed by atoms with Gasteiger partial charge in [-0.05, 0) is 93.5 Å². The van der Waals surface area contributed by atoms with Gasteiger partial charge in [0.1, 0.15) is 17.5 Å². The zero-order valence-electron chi connectivity index (χ0n) is 23.0. The number of nitrogens with zero attached hydrogens (tertiary/aromatic N) is 4. The van der Waals surface area contributed by atoms with Crippen molar-refractivity contribution in [1.29, 1.82) is 5.26 Å². The molecule has 3 N–H and O–H groups in total. The lowest BCUT2D eigenvalue weighted by molar-refractivity contribution is 0.0614. The fourth-order valence-electron chi connectivity index (χ4n) is 6.98. The molecule has 2 bridgehead atoms. The van der Waals surface area contributed by atoms with Crippen LogP contribution in [0.5, 0.6) is 0 Å². The Balaban J connectivity index is 1.11. The first kappa shape index (κ1) is 29.0. The predicted molar refractivity (Wildman–Crippen MR) is 155 cm³/mol. The van der Waals surface area contributed by atoms with E-state index in [0.29, 0.717) is 58.6 Å². The van der Waals surface area contributed by atoms with E-state index < -0.39 is 6.43 Å². The van der Waals surface area contributed by atoms with E-state index in [-0.39, 0.29) is 6.54 Å². The van der Waals surface area contributed by atoms with Gasteiger partial charge >= 0.3 is 0 Å². The van der Waals surface area contributed by atoms with E-state index >= 15 is 0 Å². The topological polar surface area (TPSA) is 88.9 Å². The fraction of sp³-hybridized carbons (Fsp3) is 0.633. The maximum absolute atomic E-state index is 12.7. The molecular weight excluding hydrogens is 532 g/mol. The Morgan fingerprint density at radius 1 is 1.02 bits per heavy atom. The third kappa shape index (κ3) is 7.59. The van der Waals surface area contributed by atoms with Crippen LogP contribution in [0.3, 0.4) is 0 Å². The smallest absolute Gasteiger partial charge is 0.251 e. The van der Waals surface area contributed by atoms with Crippen LogP contribution in [0.25, 0.3) is 0 Å². The van der Waals surface area contributed by atoms with E-state index in [0.717, 1.165) is 44.6 Å². The lowest BCUT2D eigenvalue weighted by atomic mass is 9.64. The number of hydrogen-bond acceptors (Lipinski definition) is 7. The van der Waals surface area contributed by atoms with Crippen LogP contribution in [-0.2, 0) is 6.54 Å². The van der Waals surface area contributed by atoms with Crippen LogP contribution in [0.2, 0.25) is 5.02 Å². The summed E-state index contributed by atoms with van der Waals surface area (Å²) in [4.78, 5) is 10.8. The predicted octanol–water partition coefficient (Wildman–Crippen LogP) is 5.79. The van der Waals surface area contributed by atoms with E-state index in [1.54, 1.807) is 6.20 Å². The molecule has 4 atom stereocenters. The summed E-state index contributed by atoms with van der Waals surface area (Å²) >= 11 is 6.27. The molecule has 1 aromatic heterocycles. The number of nitrogens with one attached hydrogen (secondary N) is 3. The maximum atomic E-state index is 12.7. The van der Waals surface area contributed by atoms with Gasteiger partial charge in [-0.1, -0.05) is 36.2 Å². The molecule has 0 spiro atoms. The van der Waals surface area contributed by atoms with Crippen LogP contribution < -0.4 is 16.0 Å². The first-order valence-electron chi connectivity index (χ1n) is 14.7.